The third-order valence-electron chi connectivity index (χ3n) is 6.88. The first-order valence-corrected chi connectivity index (χ1v) is 12.7. The fourth-order valence-corrected chi connectivity index (χ4v) is 5.05. The van der Waals surface area contributed by atoms with Gasteiger partial charge >= 0.3 is 0 Å². The highest BCUT2D eigenvalue weighted by Gasteiger charge is 2.13. The molecule has 7 rings (SSSR count). The van der Waals surface area contributed by atoms with Crippen LogP contribution in [0.4, 0.5) is 0 Å². The van der Waals surface area contributed by atoms with E-state index in [0.29, 0.717) is 0 Å². The van der Waals surface area contributed by atoms with Gasteiger partial charge in [0.25, 0.3) is 0 Å². The Morgan fingerprint density at radius 1 is 0.316 bits per heavy atom. The highest BCUT2D eigenvalue weighted by Crippen LogP contribution is 2.34. The first-order valence-electron chi connectivity index (χ1n) is 12.7. The van der Waals surface area contributed by atoms with E-state index in [1.54, 1.807) is 0 Å². The summed E-state index contributed by atoms with van der Waals surface area (Å²) in [6.45, 7) is 0. The predicted octanol–water partition coefficient (Wildman–Crippen LogP) is 8.85. The number of fused-ring (bicyclic) bond motifs is 2. The first kappa shape index (κ1) is 22.1. The molecule has 0 amide bonds. The Balaban J connectivity index is 1.40. The molecular weight excluding hydrogens is 462 g/mol. The lowest BCUT2D eigenvalue weighted by atomic mass is 9.99. The summed E-state index contributed by atoms with van der Waals surface area (Å²) in [5, 5.41) is 2.25. The van der Waals surface area contributed by atoms with Crippen LogP contribution in [-0.4, -0.2) is 15.0 Å². The third kappa shape index (κ3) is 4.00. The zero-order valence-corrected chi connectivity index (χ0v) is 20.6. The van der Waals surface area contributed by atoms with E-state index >= 15 is 0 Å². The summed E-state index contributed by atoms with van der Waals surface area (Å²) in [7, 11) is 0. The minimum atomic E-state index is 0.821. The van der Waals surface area contributed by atoms with Crippen LogP contribution < -0.4 is 0 Å². The number of aromatic nitrogens is 3. The summed E-state index contributed by atoms with van der Waals surface area (Å²) in [4.78, 5) is 15.1. The van der Waals surface area contributed by atoms with Crippen LogP contribution in [-0.2, 0) is 0 Å². The molecule has 0 aliphatic rings. The fraction of sp³-hybridized carbons (Fsp3) is 0. The quantitative estimate of drug-likeness (QED) is 0.250. The zero-order chi connectivity index (χ0) is 25.3. The molecule has 3 nitrogen and oxygen atoms in total. The average Bonchev–Trinajstić information content (AvgIpc) is 3.01. The van der Waals surface area contributed by atoms with Crippen LogP contribution in [0.3, 0.4) is 0 Å². The van der Waals surface area contributed by atoms with Crippen molar-refractivity contribution in [3.63, 3.8) is 0 Å². The van der Waals surface area contributed by atoms with E-state index in [4.69, 9.17) is 15.0 Å². The first-order chi connectivity index (χ1) is 18.8. The maximum atomic E-state index is 5.07. The minimum absolute atomic E-state index is 0.821. The monoisotopic (exact) mass is 485 g/mol. The second-order valence-electron chi connectivity index (χ2n) is 9.28. The van der Waals surface area contributed by atoms with Crippen molar-refractivity contribution in [1.29, 1.82) is 0 Å². The maximum absolute atomic E-state index is 5.07. The molecular formula is C35H23N3. The van der Waals surface area contributed by atoms with Crippen molar-refractivity contribution in [3.8, 4) is 45.0 Å². The van der Waals surface area contributed by atoms with E-state index in [2.05, 4.69) is 97.1 Å². The Morgan fingerprint density at radius 3 is 1.21 bits per heavy atom. The number of para-hydroxylation sites is 2. The lowest BCUT2D eigenvalue weighted by Gasteiger charge is -2.12. The summed E-state index contributed by atoms with van der Waals surface area (Å²) in [5.74, 6) is 0. The molecule has 0 atom stereocenters. The van der Waals surface area contributed by atoms with Gasteiger partial charge in [-0.05, 0) is 58.7 Å². The van der Waals surface area contributed by atoms with Gasteiger partial charge < -0.3 is 0 Å². The van der Waals surface area contributed by atoms with Gasteiger partial charge in [0.15, 0.2) is 0 Å². The molecule has 3 heteroatoms. The van der Waals surface area contributed by atoms with Gasteiger partial charge in [0.05, 0.1) is 33.8 Å². The van der Waals surface area contributed by atoms with Gasteiger partial charge in [-0.25, -0.2) is 15.0 Å². The lowest BCUT2D eigenvalue weighted by Crippen LogP contribution is -1.95. The van der Waals surface area contributed by atoms with Crippen molar-refractivity contribution in [2.24, 2.45) is 0 Å². The fourth-order valence-electron chi connectivity index (χ4n) is 5.05. The Hall–Kier alpha value is -5.15. The molecule has 0 aliphatic carbocycles. The van der Waals surface area contributed by atoms with Crippen LogP contribution in [0.2, 0.25) is 0 Å². The average molecular weight is 486 g/mol. The van der Waals surface area contributed by atoms with Crippen LogP contribution in [0, 0.1) is 0 Å². The molecule has 0 radical (unpaired) electrons. The summed E-state index contributed by atoms with van der Waals surface area (Å²) < 4.78 is 0. The molecule has 3 heterocycles. The van der Waals surface area contributed by atoms with Gasteiger partial charge in [0.1, 0.15) is 0 Å². The molecule has 178 valence electrons. The Labute approximate surface area is 221 Å². The van der Waals surface area contributed by atoms with Crippen LogP contribution >= 0.6 is 0 Å². The number of hydrogen-bond acceptors (Lipinski definition) is 3. The van der Waals surface area contributed by atoms with Crippen LogP contribution in [0.1, 0.15) is 0 Å². The Bertz CT molecular complexity index is 1770. The van der Waals surface area contributed by atoms with Crippen LogP contribution in [0.5, 0.6) is 0 Å². The number of benzene rings is 4. The molecule has 0 aliphatic heterocycles. The predicted molar refractivity (Wildman–Crippen MR) is 157 cm³/mol. The van der Waals surface area contributed by atoms with Crippen molar-refractivity contribution in [1.82, 2.24) is 15.0 Å². The minimum Gasteiger partial charge on any atom is -0.246 e. The number of hydrogen-bond donors (Lipinski definition) is 0. The van der Waals surface area contributed by atoms with E-state index in [1.165, 1.54) is 0 Å². The molecule has 0 saturated heterocycles. The van der Waals surface area contributed by atoms with E-state index in [-0.39, 0.29) is 0 Å². The molecule has 4 aromatic carbocycles. The topological polar surface area (TPSA) is 38.7 Å². The van der Waals surface area contributed by atoms with Gasteiger partial charge in [0, 0.05) is 10.8 Å². The normalized spacial score (nSPS) is 11.2. The molecule has 0 spiro atoms. The highest BCUT2D eigenvalue weighted by atomic mass is 14.8. The number of pyridine rings is 3. The van der Waals surface area contributed by atoms with Crippen molar-refractivity contribution in [2.75, 3.05) is 0 Å². The van der Waals surface area contributed by atoms with E-state index in [0.717, 1.165) is 66.8 Å². The van der Waals surface area contributed by atoms with Gasteiger partial charge in [0.2, 0.25) is 0 Å². The zero-order valence-electron chi connectivity index (χ0n) is 20.6. The smallest absolute Gasteiger partial charge is 0.0900 e. The summed E-state index contributed by atoms with van der Waals surface area (Å²) in [5.41, 5.74) is 9.84. The number of nitrogens with zero attached hydrogens (tertiary/aromatic N) is 3. The van der Waals surface area contributed by atoms with Gasteiger partial charge in [-0.2, -0.15) is 0 Å². The van der Waals surface area contributed by atoms with Crippen LogP contribution in [0.25, 0.3) is 66.8 Å². The molecule has 0 bridgehead atoms. The van der Waals surface area contributed by atoms with Crippen LogP contribution in [0.15, 0.2) is 140 Å². The lowest BCUT2D eigenvalue weighted by molar-refractivity contribution is 1.25. The van der Waals surface area contributed by atoms with Crippen molar-refractivity contribution in [2.45, 2.75) is 0 Å². The second-order valence-corrected chi connectivity index (χ2v) is 9.28. The SMILES string of the molecule is c1ccc(-c2cc(-c3cccc(-c4cc(-c5ccccc5)c5ccccc5n4)n3)nc3ccccc23)cc1. The summed E-state index contributed by atoms with van der Waals surface area (Å²) in [6, 6.07) is 47.8. The largest absolute Gasteiger partial charge is 0.246 e. The second kappa shape index (κ2) is 9.38. The van der Waals surface area contributed by atoms with E-state index in [1.807, 2.05) is 42.5 Å². The third-order valence-corrected chi connectivity index (χ3v) is 6.88. The standard InChI is InChI=1S/C35H23N3/c1-3-12-24(13-4-1)28-22-34(36-30-18-9-7-16-26(28)30)32-20-11-21-33(38-32)35-23-29(25-14-5-2-6-15-25)27-17-8-10-19-31(27)37-35/h1-23H. The summed E-state index contributed by atoms with van der Waals surface area (Å²) in [6.07, 6.45) is 0. The highest BCUT2D eigenvalue weighted by molar-refractivity contribution is 5.97. The molecule has 7 aromatic rings. The van der Waals surface area contributed by atoms with E-state index < -0.39 is 0 Å². The van der Waals surface area contributed by atoms with Gasteiger partial charge in [-0.3, -0.25) is 0 Å². The van der Waals surface area contributed by atoms with Gasteiger partial charge in [-0.15, -0.1) is 0 Å². The number of rotatable bonds is 4. The molecule has 0 unspecified atom stereocenters. The summed E-state index contributed by atoms with van der Waals surface area (Å²) >= 11 is 0. The van der Waals surface area contributed by atoms with Gasteiger partial charge in [-0.1, -0.05) is 103 Å². The van der Waals surface area contributed by atoms with Crippen molar-refractivity contribution < 1.29 is 0 Å². The molecule has 38 heavy (non-hydrogen) atoms. The molecule has 0 N–H and O–H groups in total. The Kier molecular flexibility index (Phi) is 5.45. The van der Waals surface area contributed by atoms with Crippen molar-refractivity contribution >= 4 is 21.8 Å². The molecule has 0 fully saturated rings. The Morgan fingerprint density at radius 2 is 0.737 bits per heavy atom. The van der Waals surface area contributed by atoms with Crippen molar-refractivity contribution in [3.05, 3.63) is 140 Å². The van der Waals surface area contributed by atoms with E-state index in [9.17, 15) is 0 Å². The molecule has 3 aromatic heterocycles. The maximum Gasteiger partial charge on any atom is 0.0900 e. The molecule has 0 saturated carbocycles.